The summed E-state index contributed by atoms with van der Waals surface area (Å²) in [6.45, 7) is 1.18. The first-order valence-corrected chi connectivity index (χ1v) is 5.86. The van der Waals surface area contributed by atoms with E-state index in [-0.39, 0.29) is 6.42 Å². The second-order valence-corrected chi connectivity index (χ2v) is 4.04. The topological polar surface area (TPSA) is 55.8 Å². The Morgan fingerprint density at radius 2 is 2.06 bits per heavy atom. The first-order valence-electron chi connectivity index (χ1n) is 5.86. The Labute approximate surface area is 100 Å². The minimum atomic E-state index is -0.736. The number of carboxylic acid groups (broad SMARTS) is 1. The Bertz CT molecular complexity index is 400. The summed E-state index contributed by atoms with van der Waals surface area (Å²) in [6.07, 6.45) is 2.61. The zero-order valence-corrected chi connectivity index (χ0v) is 9.65. The predicted molar refractivity (Wildman–Crippen MR) is 62.6 cm³/mol. The Hall–Kier alpha value is -1.71. The molecule has 1 aromatic rings. The molecule has 1 aliphatic rings. The van der Waals surface area contributed by atoms with Crippen LogP contribution in [0.1, 0.15) is 24.8 Å². The molecule has 0 unspecified atom stereocenters. The van der Waals surface area contributed by atoms with Crippen LogP contribution >= 0.6 is 0 Å². The number of benzene rings is 1. The van der Waals surface area contributed by atoms with Crippen molar-refractivity contribution in [2.24, 2.45) is 0 Å². The van der Waals surface area contributed by atoms with Crippen LogP contribution in [0.4, 0.5) is 0 Å². The van der Waals surface area contributed by atoms with Crippen molar-refractivity contribution in [2.45, 2.75) is 25.7 Å². The highest BCUT2D eigenvalue weighted by Gasteiger charge is 2.14. The fourth-order valence-electron chi connectivity index (χ4n) is 1.92. The van der Waals surface area contributed by atoms with E-state index in [4.69, 9.17) is 14.6 Å². The quantitative estimate of drug-likeness (QED) is 0.797. The first-order chi connectivity index (χ1) is 8.27. The third-order valence-corrected chi connectivity index (χ3v) is 2.73. The maximum absolute atomic E-state index is 10.4. The summed E-state index contributed by atoms with van der Waals surface area (Å²) < 4.78 is 11.1. The zero-order chi connectivity index (χ0) is 12.1. The molecule has 4 heteroatoms. The van der Waals surface area contributed by atoms with Gasteiger partial charge < -0.3 is 14.6 Å². The van der Waals surface area contributed by atoms with Gasteiger partial charge in [-0.1, -0.05) is 12.1 Å². The van der Waals surface area contributed by atoms with Crippen LogP contribution in [0, 0.1) is 0 Å². The highest BCUT2D eigenvalue weighted by Crippen LogP contribution is 2.34. The van der Waals surface area contributed by atoms with Gasteiger partial charge in [0.15, 0.2) is 11.5 Å². The molecule has 0 aromatic heterocycles. The molecular weight excluding hydrogens is 220 g/mol. The molecule has 92 valence electrons. The van der Waals surface area contributed by atoms with E-state index in [9.17, 15) is 4.79 Å². The van der Waals surface area contributed by atoms with Gasteiger partial charge in [-0.2, -0.15) is 0 Å². The Morgan fingerprint density at radius 1 is 1.24 bits per heavy atom. The summed E-state index contributed by atoms with van der Waals surface area (Å²) in [5, 5.41) is 8.56. The SMILES string of the molecule is O=C(O)CCCCc1cccc2c1OCCO2. The van der Waals surface area contributed by atoms with Crippen molar-refractivity contribution in [3.05, 3.63) is 23.8 Å². The molecule has 4 nitrogen and oxygen atoms in total. The van der Waals surface area contributed by atoms with Crippen LogP contribution in [0.15, 0.2) is 18.2 Å². The average molecular weight is 236 g/mol. The molecule has 1 aromatic carbocycles. The number of hydrogen-bond donors (Lipinski definition) is 1. The maximum atomic E-state index is 10.4. The molecule has 1 aliphatic heterocycles. The van der Waals surface area contributed by atoms with Crippen molar-refractivity contribution < 1.29 is 19.4 Å². The molecule has 0 fully saturated rings. The van der Waals surface area contributed by atoms with Gasteiger partial charge in [-0.15, -0.1) is 0 Å². The summed E-state index contributed by atoms with van der Waals surface area (Å²) in [4.78, 5) is 10.4. The number of carbonyl (C=O) groups is 1. The Morgan fingerprint density at radius 3 is 2.88 bits per heavy atom. The normalized spacial score (nSPS) is 13.4. The highest BCUT2D eigenvalue weighted by atomic mass is 16.6. The molecule has 0 saturated carbocycles. The molecule has 17 heavy (non-hydrogen) atoms. The van der Waals surface area contributed by atoms with Crippen LogP contribution in [-0.2, 0) is 11.2 Å². The van der Waals surface area contributed by atoms with E-state index < -0.39 is 5.97 Å². The summed E-state index contributed by atoms with van der Waals surface area (Å²) in [7, 11) is 0. The predicted octanol–water partition coefficient (Wildman–Crippen LogP) is 2.26. The molecule has 1 N–H and O–H groups in total. The number of carboxylic acids is 1. The zero-order valence-electron chi connectivity index (χ0n) is 9.65. The third-order valence-electron chi connectivity index (χ3n) is 2.73. The van der Waals surface area contributed by atoms with Crippen molar-refractivity contribution in [1.82, 2.24) is 0 Å². The lowest BCUT2D eigenvalue weighted by Crippen LogP contribution is -2.16. The Kier molecular flexibility index (Phi) is 3.85. The van der Waals surface area contributed by atoms with Crippen LogP contribution in [0.25, 0.3) is 0 Å². The fraction of sp³-hybridized carbons (Fsp3) is 0.462. The van der Waals surface area contributed by atoms with E-state index in [1.54, 1.807) is 0 Å². The summed E-state index contributed by atoms with van der Waals surface area (Å²) in [6, 6.07) is 5.85. The summed E-state index contributed by atoms with van der Waals surface area (Å²) in [5.41, 5.74) is 1.10. The van der Waals surface area contributed by atoms with Gasteiger partial charge in [0.25, 0.3) is 0 Å². The Balaban J connectivity index is 1.94. The van der Waals surface area contributed by atoms with Gasteiger partial charge in [0.2, 0.25) is 0 Å². The molecule has 0 bridgehead atoms. The van der Waals surface area contributed by atoms with Crippen molar-refractivity contribution in [3.63, 3.8) is 0 Å². The van der Waals surface area contributed by atoms with Gasteiger partial charge in [0, 0.05) is 6.42 Å². The lowest BCUT2D eigenvalue weighted by atomic mass is 10.1. The van der Waals surface area contributed by atoms with Crippen molar-refractivity contribution in [3.8, 4) is 11.5 Å². The molecule has 0 radical (unpaired) electrons. The van der Waals surface area contributed by atoms with E-state index in [0.717, 1.165) is 29.9 Å². The number of ether oxygens (including phenoxy) is 2. The van der Waals surface area contributed by atoms with E-state index in [2.05, 4.69) is 0 Å². The van der Waals surface area contributed by atoms with Crippen LogP contribution in [-0.4, -0.2) is 24.3 Å². The number of fused-ring (bicyclic) bond motifs is 1. The smallest absolute Gasteiger partial charge is 0.303 e. The van der Waals surface area contributed by atoms with Crippen LogP contribution in [0.3, 0.4) is 0 Å². The third kappa shape index (κ3) is 3.12. The van der Waals surface area contributed by atoms with E-state index in [1.165, 1.54) is 0 Å². The number of para-hydroxylation sites is 1. The second-order valence-electron chi connectivity index (χ2n) is 4.04. The van der Waals surface area contributed by atoms with E-state index in [0.29, 0.717) is 19.6 Å². The molecule has 0 spiro atoms. The van der Waals surface area contributed by atoms with Gasteiger partial charge in [0.05, 0.1) is 0 Å². The van der Waals surface area contributed by atoms with E-state index >= 15 is 0 Å². The lowest BCUT2D eigenvalue weighted by molar-refractivity contribution is -0.137. The lowest BCUT2D eigenvalue weighted by Gasteiger charge is -2.20. The van der Waals surface area contributed by atoms with E-state index in [1.807, 2.05) is 18.2 Å². The second kappa shape index (κ2) is 5.57. The van der Waals surface area contributed by atoms with Gasteiger partial charge in [-0.3, -0.25) is 4.79 Å². The van der Waals surface area contributed by atoms with Crippen LogP contribution < -0.4 is 9.47 Å². The number of aryl methyl sites for hydroxylation is 1. The minimum Gasteiger partial charge on any atom is -0.486 e. The van der Waals surface area contributed by atoms with Crippen LogP contribution in [0.5, 0.6) is 11.5 Å². The fourth-order valence-corrected chi connectivity index (χ4v) is 1.92. The van der Waals surface area contributed by atoms with Crippen molar-refractivity contribution in [2.75, 3.05) is 13.2 Å². The van der Waals surface area contributed by atoms with Gasteiger partial charge in [-0.05, 0) is 30.9 Å². The summed E-state index contributed by atoms with van der Waals surface area (Å²) >= 11 is 0. The van der Waals surface area contributed by atoms with Crippen LogP contribution in [0.2, 0.25) is 0 Å². The van der Waals surface area contributed by atoms with Gasteiger partial charge in [-0.25, -0.2) is 0 Å². The largest absolute Gasteiger partial charge is 0.486 e. The summed E-state index contributed by atoms with van der Waals surface area (Å²) in [5.74, 6) is 0.890. The molecule has 0 atom stereocenters. The average Bonchev–Trinajstić information content (AvgIpc) is 2.34. The number of hydrogen-bond acceptors (Lipinski definition) is 3. The number of rotatable bonds is 5. The van der Waals surface area contributed by atoms with Crippen molar-refractivity contribution >= 4 is 5.97 Å². The minimum absolute atomic E-state index is 0.229. The maximum Gasteiger partial charge on any atom is 0.303 e. The molecule has 2 rings (SSSR count). The number of unbranched alkanes of at least 4 members (excludes halogenated alkanes) is 1. The molecule has 0 aliphatic carbocycles. The highest BCUT2D eigenvalue weighted by molar-refractivity contribution is 5.66. The standard InChI is InChI=1S/C13H16O4/c14-12(15)7-2-1-4-10-5-3-6-11-13(10)17-9-8-16-11/h3,5-6H,1-2,4,7-9H2,(H,14,15). The van der Waals surface area contributed by atoms with Gasteiger partial charge >= 0.3 is 5.97 Å². The first kappa shape index (κ1) is 11.8. The molecular formula is C13H16O4. The number of aliphatic carboxylic acids is 1. The molecule has 0 saturated heterocycles. The monoisotopic (exact) mass is 236 g/mol. The van der Waals surface area contributed by atoms with Crippen molar-refractivity contribution in [1.29, 1.82) is 0 Å². The van der Waals surface area contributed by atoms with Gasteiger partial charge in [0.1, 0.15) is 13.2 Å². The molecule has 1 heterocycles. The molecule has 0 amide bonds.